The molecule has 254 valence electrons. The molecule has 9 aromatic rings. The molecule has 0 N–H and O–H groups in total. The predicted octanol–water partition coefficient (Wildman–Crippen LogP) is 15.1. The molecule has 8 aromatic carbocycles. The van der Waals surface area contributed by atoms with Crippen molar-refractivity contribution in [3.8, 4) is 22.3 Å². The number of fused-ring (bicyclic) bond motifs is 7. The maximum atomic E-state index is 2.52. The second-order valence-corrected chi connectivity index (χ2v) is 16.3. The molecule has 0 saturated heterocycles. The van der Waals surface area contributed by atoms with Crippen LogP contribution in [0.15, 0.2) is 170 Å². The maximum Gasteiger partial charge on any atom is 0.0540 e. The molecule has 11 rings (SSSR count). The zero-order valence-corrected chi connectivity index (χ0v) is 30.4. The van der Waals surface area contributed by atoms with Gasteiger partial charge in [0, 0.05) is 36.9 Å². The Morgan fingerprint density at radius 1 is 0.472 bits per heavy atom. The van der Waals surface area contributed by atoms with Crippen LogP contribution in [0.4, 0.5) is 17.1 Å². The summed E-state index contributed by atoms with van der Waals surface area (Å²) in [6.45, 7) is 0. The number of hydrogen-bond acceptors (Lipinski definition) is 2. The van der Waals surface area contributed by atoms with Crippen molar-refractivity contribution in [1.29, 1.82) is 0 Å². The first-order chi connectivity index (χ1) is 26.3. The van der Waals surface area contributed by atoms with E-state index in [2.05, 4.69) is 175 Å². The first-order valence-corrected chi connectivity index (χ1v) is 20.0. The van der Waals surface area contributed by atoms with E-state index in [1.165, 1.54) is 101 Å². The molecule has 0 aliphatic heterocycles. The van der Waals surface area contributed by atoms with Gasteiger partial charge in [0.2, 0.25) is 0 Å². The van der Waals surface area contributed by atoms with Gasteiger partial charge < -0.3 is 4.90 Å². The second kappa shape index (κ2) is 12.5. The van der Waals surface area contributed by atoms with Crippen molar-refractivity contribution in [1.82, 2.24) is 0 Å². The Morgan fingerprint density at radius 3 is 1.98 bits per heavy atom. The van der Waals surface area contributed by atoms with Crippen molar-refractivity contribution in [2.24, 2.45) is 11.8 Å². The van der Waals surface area contributed by atoms with E-state index in [-0.39, 0.29) is 0 Å². The lowest BCUT2D eigenvalue weighted by atomic mass is 9.81. The van der Waals surface area contributed by atoms with Gasteiger partial charge in [0.05, 0.1) is 5.69 Å². The Balaban J connectivity index is 1.13. The summed E-state index contributed by atoms with van der Waals surface area (Å²) in [6.07, 6.45) is 5.57. The molecule has 53 heavy (non-hydrogen) atoms. The van der Waals surface area contributed by atoms with E-state index < -0.39 is 0 Å². The van der Waals surface area contributed by atoms with Crippen molar-refractivity contribution >= 4 is 70.1 Å². The van der Waals surface area contributed by atoms with E-state index in [0.717, 1.165) is 17.5 Å². The number of anilines is 3. The molecule has 3 atom stereocenters. The normalized spacial score (nSPS) is 18.1. The fourth-order valence-corrected chi connectivity index (χ4v) is 11.1. The fourth-order valence-electron chi connectivity index (χ4n) is 9.98. The first-order valence-electron chi connectivity index (χ1n) is 19.2. The van der Waals surface area contributed by atoms with E-state index in [1.54, 1.807) is 5.56 Å². The summed E-state index contributed by atoms with van der Waals surface area (Å²) in [7, 11) is 0. The van der Waals surface area contributed by atoms with E-state index >= 15 is 0 Å². The summed E-state index contributed by atoms with van der Waals surface area (Å²) in [5.74, 6) is 2.41. The highest BCUT2D eigenvalue weighted by molar-refractivity contribution is 7.25. The van der Waals surface area contributed by atoms with Crippen molar-refractivity contribution < 1.29 is 0 Å². The molecule has 0 spiro atoms. The molecule has 1 aromatic heterocycles. The fraction of sp³-hybridized carbons (Fsp3) is 0.137. The van der Waals surface area contributed by atoms with Crippen LogP contribution in [0.2, 0.25) is 0 Å². The van der Waals surface area contributed by atoms with Gasteiger partial charge >= 0.3 is 0 Å². The van der Waals surface area contributed by atoms with Crippen LogP contribution in [0.1, 0.15) is 37.2 Å². The monoisotopic (exact) mass is 697 g/mol. The zero-order chi connectivity index (χ0) is 34.9. The SMILES string of the molecule is c1ccc(-c2cccc3cccc(-c4cccc(N(c5ccc6sc7ccccc7c6c5)c5ccc(C6CC7CCC6C7)c6ccccc56)c4)c23)cc1. The summed E-state index contributed by atoms with van der Waals surface area (Å²) in [5.41, 5.74) is 10.1. The molecule has 0 amide bonds. The van der Waals surface area contributed by atoms with Crippen molar-refractivity contribution in [3.05, 3.63) is 175 Å². The van der Waals surface area contributed by atoms with Crippen LogP contribution in [-0.4, -0.2) is 0 Å². The Hall–Kier alpha value is -5.70. The molecule has 2 heteroatoms. The number of hydrogen-bond donors (Lipinski definition) is 0. The lowest BCUT2D eigenvalue weighted by Gasteiger charge is -2.30. The van der Waals surface area contributed by atoms with Crippen LogP contribution in [0.25, 0.3) is 64.0 Å². The van der Waals surface area contributed by atoms with E-state index in [9.17, 15) is 0 Å². The van der Waals surface area contributed by atoms with E-state index in [4.69, 9.17) is 0 Å². The molecule has 2 aliphatic carbocycles. The highest BCUT2D eigenvalue weighted by Crippen LogP contribution is 2.55. The molecule has 2 saturated carbocycles. The number of rotatable bonds is 6. The quantitative estimate of drug-likeness (QED) is 0.167. The highest BCUT2D eigenvalue weighted by atomic mass is 32.1. The lowest BCUT2D eigenvalue weighted by Crippen LogP contribution is -2.13. The van der Waals surface area contributed by atoms with Gasteiger partial charge in [0.15, 0.2) is 0 Å². The number of thiophene rings is 1. The predicted molar refractivity (Wildman–Crippen MR) is 228 cm³/mol. The average molecular weight is 698 g/mol. The number of nitrogens with zero attached hydrogens (tertiary/aromatic N) is 1. The van der Waals surface area contributed by atoms with Crippen LogP contribution in [-0.2, 0) is 0 Å². The smallest absolute Gasteiger partial charge is 0.0540 e. The van der Waals surface area contributed by atoms with Crippen LogP contribution in [0, 0.1) is 11.8 Å². The Bertz CT molecular complexity index is 2820. The van der Waals surface area contributed by atoms with Gasteiger partial charge in [-0.2, -0.15) is 0 Å². The Labute approximate surface area is 314 Å². The summed E-state index contributed by atoms with van der Waals surface area (Å²) >= 11 is 1.88. The molecule has 3 unspecified atom stereocenters. The molecule has 1 nitrogen and oxygen atoms in total. The molecule has 2 fully saturated rings. The Morgan fingerprint density at radius 2 is 1.17 bits per heavy atom. The van der Waals surface area contributed by atoms with Gasteiger partial charge in [-0.25, -0.2) is 0 Å². The van der Waals surface area contributed by atoms with Gasteiger partial charge in [0.25, 0.3) is 0 Å². The molecular formula is C51H39NS. The zero-order valence-electron chi connectivity index (χ0n) is 29.6. The molecule has 1 heterocycles. The minimum absolute atomic E-state index is 0.670. The lowest BCUT2D eigenvalue weighted by molar-refractivity contribution is 0.422. The maximum absolute atomic E-state index is 2.52. The average Bonchev–Trinajstić information content (AvgIpc) is 3.96. The van der Waals surface area contributed by atoms with Crippen LogP contribution in [0.5, 0.6) is 0 Å². The summed E-state index contributed by atoms with van der Waals surface area (Å²) < 4.78 is 2.66. The summed E-state index contributed by atoms with van der Waals surface area (Å²) in [4.78, 5) is 2.52. The summed E-state index contributed by atoms with van der Waals surface area (Å²) in [6, 6.07) is 63.5. The van der Waals surface area contributed by atoms with Crippen molar-refractivity contribution in [3.63, 3.8) is 0 Å². The number of benzene rings is 8. The largest absolute Gasteiger partial charge is 0.310 e. The van der Waals surface area contributed by atoms with Crippen LogP contribution in [0.3, 0.4) is 0 Å². The Kier molecular flexibility index (Phi) is 7.26. The summed E-state index contributed by atoms with van der Waals surface area (Å²) in [5, 5.41) is 7.91. The molecule has 2 bridgehead atoms. The second-order valence-electron chi connectivity index (χ2n) is 15.2. The topological polar surface area (TPSA) is 3.24 Å². The third-order valence-corrected chi connectivity index (χ3v) is 13.5. The van der Waals surface area contributed by atoms with Crippen molar-refractivity contribution in [2.45, 2.75) is 31.6 Å². The molecular weight excluding hydrogens is 659 g/mol. The molecule has 0 radical (unpaired) electrons. The van der Waals surface area contributed by atoms with Crippen LogP contribution >= 0.6 is 11.3 Å². The third-order valence-electron chi connectivity index (χ3n) is 12.3. The van der Waals surface area contributed by atoms with E-state index in [1.807, 2.05) is 11.3 Å². The standard InChI is InChI=1S/C51H39NS/c1-2-11-34(12-3-1)40-20-9-13-35-14-10-21-41(51(35)40)36-15-8-16-38(31-36)52(39-25-28-50-47(32-39)45-19-6-7-22-49(45)53-50)48-27-26-43(42-17-4-5-18-44(42)48)46-30-33-23-24-37(46)29-33/h1-22,25-28,31-33,37,46H,23-24,29-30H2. The molecule has 2 aliphatic rings. The third kappa shape index (κ3) is 5.11. The minimum Gasteiger partial charge on any atom is -0.310 e. The van der Waals surface area contributed by atoms with Gasteiger partial charge in [-0.3, -0.25) is 0 Å². The van der Waals surface area contributed by atoms with Crippen molar-refractivity contribution in [2.75, 3.05) is 4.90 Å². The van der Waals surface area contributed by atoms with E-state index in [0.29, 0.717) is 5.92 Å². The first kappa shape index (κ1) is 30.9. The van der Waals surface area contributed by atoms with Gasteiger partial charge in [-0.1, -0.05) is 134 Å². The van der Waals surface area contributed by atoms with Gasteiger partial charge in [0.1, 0.15) is 0 Å². The highest BCUT2D eigenvalue weighted by Gasteiger charge is 2.40. The van der Waals surface area contributed by atoms with Crippen LogP contribution < -0.4 is 4.90 Å². The minimum atomic E-state index is 0.670. The van der Waals surface area contributed by atoms with Gasteiger partial charge in [-0.05, 0) is 123 Å². The van der Waals surface area contributed by atoms with Gasteiger partial charge in [-0.15, -0.1) is 11.3 Å².